The number of oxazole rings is 1. The number of halogens is 3. The third-order valence-corrected chi connectivity index (χ3v) is 2.25. The average Bonchev–Trinajstić information content (AvgIpc) is 2.30. The lowest BCUT2D eigenvalue weighted by Crippen LogP contribution is -2.19. The lowest BCUT2D eigenvalue weighted by Gasteiger charge is -2.18. The van der Waals surface area contributed by atoms with Crippen molar-refractivity contribution in [1.82, 2.24) is 4.98 Å². The first-order valence-electron chi connectivity index (χ1n) is 3.63. The Morgan fingerprint density at radius 2 is 2.25 bits per heavy atom. The lowest BCUT2D eigenvalue weighted by molar-refractivity contribution is -0.0433. The van der Waals surface area contributed by atoms with Crippen LogP contribution in [-0.2, 0) is 12.3 Å². The summed E-state index contributed by atoms with van der Waals surface area (Å²) in [6.45, 7) is 0. The maximum atomic E-state index is 13.1. The SMILES string of the molecule is FC1(F)CCCc2nc(Br)oc21. The molecule has 5 heteroatoms. The molecule has 1 aliphatic rings. The maximum Gasteiger partial charge on any atom is 0.306 e. The fourth-order valence-electron chi connectivity index (χ4n) is 1.37. The van der Waals surface area contributed by atoms with Gasteiger partial charge in [-0.15, -0.1) is 0 Å². The van der Waals surface area contributed by atoms with E-state index in [2.05, 4.69) is 20.9 Å². The van der Waals surface area contributed by atoms with Gasteiger partial charge in [0.05, 0.1) is 5.69 Å². The van der Waals surface area contributed by atoms with Gasteiger partial charge < -0.3 is 4.42 Å². The van der Waals surface area contributed by atoms with Gasteiger partial charge >= 0.3 is 5.92 Å². The molecule has 0 fully saturated rings. The normalized spacial score (nSPS) is 20.6. The molecule has 0 saturated heterocycles. The molecule has 66 valence electrons. The summed E-state index contributed by atoms with van der Waals surface area (Å²) in [5.74, 6) is -3.09. The number of aryl methyl sites for hydroxylation is 1. The molecule has 0 spiro atoms. The number of alkyl halides is 2. The summed E-state index contributed by atoms with van der Waals surface area (Å²) >= 11 is 2.93. The number of rotatable bonds is 0. The molecule has 0 N–H and O–H groups in total. The maximum absolute atomic E-state index is 13.1. The zero-order valence-electron chi connectivity index (χ0n) is 6.11. The van der Waals surface area contributed by atoms with Crippen LogP contribution in [0.15, 0.2) is 9.22 Å². The Morgan fingerprint density at radius 3 is 2.92 bits per heavy atom. The van der Waals surface area contributed by atoms with E-state index >= 15 is 0 Å². The minimum atomic E-state index is -2.83. The zero-order chi connectivity index (χ0) is 8.77. The molecular weight excluding hydrogens is 232 g/mol. The molecule has 0 aromatic carbocycles. The second-order valence-corrected chi connectivity index (χ2v) is 3.48. The number of aromatic nitrogens is 1. The standard InChI is InChI=1S/C7H6BrF2NO/c8-6-11-4-2-1-3-7(9,10)5(4)12-6/h1-3H2. The van der Waals surface area contributed by atoms with Crippen LogP contribution in [0.3, 0.4) is 0 Å². The van der Waals surface area contributed by atoms with E-state index in [4.69, 9.17) is 4.42 Å². The summed E-state index contributed by atoms with van der Waals surface area (Å²) in [7, 11) is 0. The minimum absolute atomic E-state index is 0.137. The second-order valence-electron chi connectivity index (χ2n) is 2.80. The molecular formula is C7H6BrF2NO. The molecule has 0 bridgehead atoms. The Balaban J connectivity index is 2.51. The van der Waals surface area contributed by atoms with Gasteiger partial charge in [-0.2, -0.15) is 8.78 Å². The van der Waals surface area contributed by atoms with Crippen molar-refractivity contribution < 1.29 is 13.2 Å². The highest BCUT2D eigenvalue weighted by Crippen LogP contribution is 2.40. The van der Waals surface area contributed by atoms with Gasteiger partial charge in [-0.3, -0.25) is 0 Å². The Hall–Kier alpha value is -0.450. The quantitative estimate of drug-likeness (QED) is 0.694. The van der Waals surface area contributed by atoms with Gasteiger partial charge in [0.15, 0.2) is 5.76 Å². The molecule has 1 aromatic rings. The highest BCUT2D eigenvalue weighted by molar-refractivity contribution is 9.10. The minimum Gasteiger partial charge on any atom is -0.429 e. The topological polar surface area (TPSA) is 26.0 Å². The number of hydrogen-bond donors (Lipinski definition) is 0. The van der Waals surface area contributed by atoms with E-state index in [0.29, 0.717) is 18.5 Å². The molecule has 2 rings (SSSR count). The van der Waals surface area contributed by atoms with Crippen LogP contribution in [0, 0.1) is 0 Å². The van der Waals surface area contributed by atoms with E-state index in [-0.39, 0.29) is 17.0 Å². The number of fused-ring (bicyclic) bond motifs is 1. The van der Waals surface area contributed by atoms with E-state index in [1.54, 1.807) is 0 Å². The summed E-state index contributed by atoms with van der Waals surface area (Å²) in [6.07, 6.45) is 0.917. The van der Waals surface area contributed by atoms with Crippen LogP contribution >= 0.6 is 15.9 Å². The van der Waals surface area contributed by atoms with Gasteiger partial charge in [-0.05, 0) is 12.8 Å². The van der Waals surface area contributed by atoms with Gasteiger partial charge in [0.25, 0.3) is 4.80 Å². The van der Waals surface area contributed by atoms with Gasteiger partial charge in [0.1, 0.15) is 0 Å². The smallest absolute Gasteiger partial charge is 0.306 e. The largest absolute Gasteiger partial charge is 0.429 e. The molecule has 0 radical (unpaired) electrons. The lowest BCUT2D eigenvalue weighted by atomic mass is 9.99. The van der Waals surface area contributed by atoms with Crippen LogP contribution in [0.2, 0.25) is 0 Å². The monoisotopic (exact) mass is 237 g/mol. The molecule has 1 aliphatic carbocycles. The van der Waals surface area contributed by atoms with Crippen molar-refractivity contribution in [3.63, 3.8) is 0 Å². The first-order valence-corrected chi connectivity index (χ1v) is 4.42. The fraction of sp³-hybridized carbons (Fsp3) is 0.571. The van der Waals surface area contributed by atoms with Gasteiger partial charge in [0, 0.05) is 22.4 Å². The fourth-order valence-corrected chi connectivity index (χ4v) is 1.75. The van der Waals surface area contributed by atoms with Crippen molar-refractivity contribution in [3.8, 4) is 0 Å². The summed E-state index contributed by atoms with van der Waals surface area (Å²) < 4.78 is 30.9. The Morgan fingerprint density at radius 1 is 1.50 bits per heavy atom. The van der Waals surface area contributed by atoms with Crippen molar-refractivity contribution in [3.05, 3.63) is 16.3 Å². The van der Waals surface area contributed by atoms with E-state index in [0.717, 1.165) is 0 Å². The average molecular weight is 238 g/mol. The van der Waals surface area contributed by atoms with Gasteiger partial charge in [-0.25, -0.2) is 4.98 Å². The highest BCUT2D eigenvalue weighted by Gasteiger charge is 2.41. The molecule has 1 heterocycles. The summed E-state index contributed by atoms with van der Waals surface area (Å²) in [6, 6.07) is 0. The molecule has 0 saturated carbocycles. The van der Waals surface area contributed by atoms with Crippen LogP contribution in [0.5, 0.6) is 0 Å². The molecule has 2 nitrogen and oxygen atoms in total. The zero-order valence-corrected chi connectivity index (χ0v) is 7.70. The molecule has 0 unspecified atom stereocenters. The molecule has 12 heavy (non-hydrogen) atoms. The van der Waals surface area contributed by atoms with Crippen molar-refractivity contribution in [2.45, 2.75) is 25.2 Å². The predicted molar refractivity (Wildman–Crippen MR) is 41.0 cm³/mol. The first-order chi connectivity index (χ1) is 5.59. The van der Waals surface area contributed by atoms with Crippen molar-refractivity contribution in [2.75, 3.05) is 0 Å². The van der Waals surface area contributed by atoms with Gasteiger partial charge in [0.2, 0.25) is 0 Å². The van der Waals surface area contributed by atoms with Crippen LogP contribution in [0.25, 0.3) is 0 Å². The van der Waals surface area contributed by atoms with E-state index in [1.807, 2.05) is 0 Å². The summed E-state index contributed by atoms with van der Waals surface area (Å²) in [4.78, 5) is 3.96. The molecule has 0 atom stereocenters. The van der Waals surface area contributed by atoms with Crippen LogP contribution in [-0.4, -0.2) is 4.98 Å². The summed E-state index contributed by atoms with van der Waals surface area (Å²) in [5.41, 5.74) is 0.387. The Labute approximate surface area is 76.1 Å². The van der Waals surface area contributed by atoms with Crippen LogP contribution in [0.1, 0.15) is 24.3 Å². The number of nitrogens with zero attached hydrogens (tertiary/aromatic N) is 1. The third kappa shape index (κ3) is 1.16. The predicted octanol–water partition coefficient (Wildman–Crippen LogP) is 2.87. The number of hydrogen-bond acceptors (Lipinski definition) is 2. The molecule has 0 amide bonds. The molecule has 0 aliphatic heterocycles. The third-order valence-electron chi connectivity index (χ3n) is 1.91. The Bertz CT molecular complexity index is 310. The Kier molecular flexibility index (Phi) is 1.71. The first kappa shape index (κ1) is 8.16. The van der Waals surface area contributed by atoms with Crippen molar-refractivity contribution >= 4 is 15.9 Å². The van der Waals surface area contributed by atoms with Crippen LogP contribution < -0.4 is 0 Å². The van der Waals surface area contributed by atoms with E-state index in [1.165, 1.54) is 0 Å². The van der Waals surface area contributed by atoms with Crippen LogP contribution in [0.4, 0.5) is 8.78 Å². The second kappa shape index (κ2) is 2.52. The molecule has 1 aromatic heterocycles. The van der Waals surface area contributed by atoms with E-state index in [9.17, 15) is 8.78 Å². The highest BCUT2D eigenvalue weighted by atomic mass is 79.9. The van der Waals surface area contributed by atoms with E-state index < -0.39 is 5.92 Å². The van der Waals surface area contributed by atoms with Crippen molar-refractivity contribution in [1.29, 1.82) is 0 Å². The van der Waals surface area contributed by atoms with Crippen molar-refractivity contribution in [2.24, 2.45) is 0 Å². The van der Waals surface area contributed by atoms with Gasteiger partial charge in [-0.1, -0.05) is 0 Å². The summed E-state index contributed by atoms with van der Waals surface area (Å²) in [5, 5.41) is 0.